The van der Waals surface area contributed by atoms with Gasteiger partial charge in [-0.1, -0.05) is 41.5 Å². The first-order valence-electron chi connectivity index (χ1n) is 23.0. The number of nitrogens with zero attached hydrogens (tertiary/aromatic N) is 2. The maximum absolute atomic E-state index is 13.3. The number of carbonyl (C=O) groups is 3. The predicted octanol–water partition coefficient (Wildman–Crippen LogP) is -4.01. The fourth-order valence-electron chi connectivity index (χ4n) is 7.58. The molecule has 0 bridgehead atoms. The van der Waals surface area contributed by atoms with Crippen molar-refractivity contribution in [3.05, 3.63) is 0 Å². The first-order chi connectivity index (χ1) is 31.8. The average Bonchev–Trinajstić information content (AvgIpc) is 3.27. The van der Waals surface area contributed by atoms with Crippen LogP contribution in [0.1, 0.15) is 62.3 Å². The molecular formula is C40H82N6O20P2. The molecular weight excluding hydrogens is 946 g/mol. The lowest BCUT2D eigenvalue weighted by atomic mass is 9.93. The molecule has 0 spiro atoms. The summed E-state index contributed by atoms with van der Waals surface area (Å²) in [5.41, 5.74) is 5.46. The summed E-state index contributed by atoms with van der Waals surface area (Å²) >= 11 is 0. The van der Waals surface area contributed by atoms with E-state index < -0.39 is 157 Å². The van der Waals surface area contributed by atoms with Crippen LogP contribution in [0.3, 0.4) is 0 Å². The average molecular weight is 1030 g/mol. The van der Waals surface area contributed by atoms with Gasteiger partial charge in [-0.3, -0.25) is 23.5 Å². The smallest absolute Gasteiger partial charge is 0.330 e. The van der Waals surface area contributed by atoms with Crippen LogP contribution in [0.25, 0.3) is 0 Å². The molecule has 14 N–H and O–H groups in total. The summed E-state index contributed by atoms with van der Waals surface area (Å²) in [5.74, 6) is -2.02. The maximum atomic E-state index is 13.3. The largest absolute Gasteiger partial charge is 0.394 e. The Morgan fingerprint density at radius 1 is 0.544 bits per heavy atom. The van der Waals surface area contributed by atoms with Gasteiger partial charge in [0.25, 0.3) is 0 Å². The van der Waals surface area contributed by atoms with E-state index in [4.69, 9.17) is 33.7 Å². The fraction of sp³-hybridized carbons (Fsp3) is 0.925. The van der Waals surface area contributed by atoms with Crippen LogP contribution in [0.4, 0.5) is 0 Å². The van der Waals surface area contributed by atoms with Gasteiger partial charge >= 0.3 is 15.2 Å². The van der Waals surface area contributed by atoms with E-state index in [1.807, 2.05) is 0 Å². The van der Waals surface area contributed by atoms with E-state index in [-0.39, 0.29) is 13.2 Å². The molecule has 2 unspecified atom stereocenters. The molecule has 17 atom stereocenters. The summed E-state index contributed by atoms with van der Waals surface area (Å²) < 4.78 is 59.0. The summed E-state index contributed by atoms with van der Waals surface area (Å²) in [4.78, 5) is 61.6. The third-order valence-corrected chi connectivity index (χ3v) is 14.2. The maximum Gasteiger partial charge on any atom is 0.330 e. The molecule has 3 heterocycles. The van der Waals surface area contributed by atoms with Crippen molar-refractivity contribution in [2.24, 2.45) is 5.73 Å². The van der Waals surface area contributed by atoms with E-state index in [9.17, 15) is 69.0 Å². The zero-order valence-corrected chi connectivity index (χ0v) is 42.5. The first kappa shape index (κ1) is 64.2. The lowest BCUT2D eigenvalue weighted by molar-refractivity contribution is -0.268. The number of rotatable bonds is 23. The monoisotopic (exact) mass is 1030 g/mol. The van der Waals surface area contributed by atoms with Crippen LogP contribution in [0.2, 0.25) is 0 Å². The normalized spacial score (nSPS) is 33.5. The molecule has 0 radical (unpaired) electrons. The van der Waals surface area contributed by atoms with Gasteiger partial charge in [0.05, 0.1) is 63.0 Å². The minimum atomic E-state index is -4.85. The number of ether oxygens (including phenoxy) is 4. The molecule has 0 saturated carbocycles. The Bertz CT molecular complexity index is 1550. The number of hydrogen-bond donors (Lipinski definition) is 13. The molecule has 3 aliphatic heterocycles. The van der Waals surface area contributed by atoms with Crippen molar-refractivity contribution in [1.82, 2.24) is 25.8 Å². The van der Waals surface area contributed by atoms with E-state index >= 15 is 0 Å². The van der Waals surface area contributed by atoms with E-state index in [0.717, 1.165) is 20.8 Å². The van der Waals surface area contributed by atoms with Gasteiger partial charge in [-0.2, -0.15) is 0 Å². The summed E-state index contributed by atoms with van der Waals surface area (Å²) in [7, 11) is -9.67. The quantitative estimate of drug-likeness (QED) is 0.0434. The Hall–Kier alpha value is -1.85. The van der Waals surface area contributed by atoms with Crippen molar-refractivity contribution in [2.45, 2.75) is 154 Å². The Morgan fingerprint density at radius 2 is 0.868 bits per heavy atom. The van der Waals surface area contributed by atoms with Crippen LogP contribution in [0, 0.1) is 0 Å². The highest BCUT2D eigenvalue weighted by Gasteiger charge is 2.51. The summed E-state index contributed by atoms with van der Waals surface area (Å²) in [6, 6.07) is -4.21. The molecule has 3 amide bonds. The Labute approximate surface area is 399 Å². The van der Waals surface area contributed by atoms with Crippen LogP contribution in [0.15, 0.2) is 0 Å². The molecule has 0 aromatic rings. The number of aliphatic hydroxyl groups is 7. The summed E-state index contributed by atoms with van der Waals surface area (Å²) in [6.07, 6.45) is -21.6. The summed E-state index contributed by atoms with van der Waals surface area (Å²) in [5, 5.41) is 80.2. The summed E-state index contributed by atoms with van der Waals surface area (Å²) in [6.45, 7) is 20.9. The molecule has 0 aromatic carbocycles. The minimum Gasteiger partial charge on any atom is -0.394 e. The van der Waals surface area contributed by atoms with Gasteiger partial charge in [0.2, 0.25) is 17.7 Å². The molecule has 0 aliphatic carbocycles. The van der Waals surface area contributed by atoms with Crippen molar-refractivity contribution in [1.29, 1.82) is 0 Å². The second-order valence-electron chi connectivity index (χ2n) is 16.4. The lowest BCUT2D eigenvalue weighted by Crippen LogP contribution is -2.65. The third kappa shape index (κ3) is 21.1. The molecule has 3 fully saturated rings. The van der Waals surface area contributed by atoms with Crippen LogP contribution in [0.5, 0.6) is 0 Å². The second-order valence-corrected chi connectivity index (χ2v) is 20.2. The SMILES string of the molecule is CC(=O)N[C@@H]1[C@@H](OCCN)O[C@H](COP(=O)(O)C[C@H]2O[C@H](COP(=O)(O)C[C@H]3O[C@H](CO)[C@@H](O)[C@H](O)[C@@H]3NC(C)=O)[C@@H](O)[C@H](O)[C@@H]2NC(C)=O)[C@@H](O)[C@@H]1O.CCN(CC)CC.CCN(CC)CC. The zero-order valence-electron chi connectivity index (χ0n) is 40.7. The number of carbonyl (C=O) groups excluding carboxylic acids is 3. The lowest BCUT2D eigenvalue weighted by Gasteiger charge is -2.44. The second kappa shape index (κ2) is 31.6. The molecule has 3 aliphatic rings. The van der Waals surface area contributed by atoms with Crippen LogP contribution < -0.4 is 21.7 Å². The standard InChI is InChI=1S/C28H52N4O20P2.2C6H15N/c1-11(34)30-19-17(50-14(6-33)22(37)25(19)40)9-53(43,44)48-7-15-23(38)26(41)20(31-12(2)35)18(51-15)10-54(45,46)49-8-16-24(39)27(42)21(32-13(3)36)28(52-16)47-5-4-29;2*1-4-7(5-2)6-3/h14-28,33,37-42H,4-10,29H2,1-3H3,(H,30,34)(H,31,35)(H,32,36)(H,43,44)(H,45,46);2*4-6H2,1-3H3/t14-,15-,16-,17-,18-,19-,20-,21+,22-,23-,24-,25-,26-,27-,28+;;/m1../s1. The van der Waals surface area contributed by atoms with Crippen molar-refractivity contribution in [2.75, 3.05) is 84.6 Å². The third-order valence-electron chi connectivity index (χ3n) is 11.5. The van der Waals surface area contributed by atoms with Crippen molar-refractivity contribution >= 4 is 32.9 Å². The molecule has 402 valence electrons. The van der Waals surface area contributed by atoms with Gasteiger partial charge in [-0.15, -0.1) is 0 Å². The van der Waals surface area contributed by atoms with E-state index in [2.05, 4.69) is 67.3 Å². The van der Waals surface area contributed by atoms with Gasteiger partial charge < -0.3 is 105 Å². The number of amides is 3. The van der Waals surface area contributed by atoms with E-state index in [0.29, 0.717) is 0 Å². The minimum absolute atomic E-state index is 0.0196. The topological polar surface area (TPSA) is 391 Å². The van der Waals surface area contributed by atoms with Gasteiger partial charge in [-0.05, 0) is 39.3 Å². The number of aliphatic hydroxyl groups excluding tert-OH is 7. The van der Waals surface area contributed by atoms with E-state index in [1.54, 1.807) is 0 Å². The van der Waals surface area contributed by atoms with Crippen LogP contribution >= 0.6 is 15.2 Å². The molecule has 68 heavy (non-hydrogen) atoms. The van der Waals surface area contributed by atoms with Crippen LogP contribution in [-0.4, -0.2) is 249 Å². The van der Waals surface area contributed by atoms with Crippen LogP contribution in [-0.2, 0) is 51.5 Å². The van der Waals surface area contributed by atoms with Gasteiger partial charge in [-0.25, -0.2) is 0 Å². The Morgan fingerprint density at radius 3 is 1.19 bits per heavy atom. The zero-order chi connectivity index (χ0) is 52.1. The van der Waals surface area contributed by atoms with E-state index in [1.165, 1.54) is 39.3 Å². The Kier molecular flexibility index (Phi) is 29.8. The highest BCUT2D eigenvalue weighted by atomic mass is 31.2. The first-order valence-corrected chi connectivity index (χ1v) is 26.5. The van der Waals surface area contributed by atoms with Gasteiger partial charge in [0, 0.05) is 27.3 Å². The fourth-order valence-corrected chi connectivity index (χ4v) is 10.1. The number of hydrogen-bond acceptors (Lipinski definition) is 21. The number of nitrogens with one attached hydrogen (secondary N) is 3. The molecule has 26 nitrogen and oxygen atoms in total. The van der Waals surface area contributed by atoms with Gasteiger partial charge in [0.1, 0.15) is 61.0 Å². The number of nitrogens with two attached hydrogens (primary N) is 1. The van der Waals surface area contributed by atoms with Crippen molar-refractivity contribution < 1.29 is 97.0 Å². The molecule has 3 rings (SSSR count). The van der Waals surface area contributed by atoms with Crippen molar-refractivity contribution in [3.8, 4) is 0 Å². The molecule has 28 heteroatoms. The van der Waals surface area contributed by atoms with Gasteiger partial charge in [0.15, 0.2) is 6.29 Å². The molecule has 0 aromatic heterocycles. The molecule has 3 saturated heterocycles. The highest BCUT2D eigenvalue weighted by Crippen LogP contribution is 2.47. The predicted molar refractivity (Wildman–Crippen MR) is 245 cm³/mol. The Balaban J connectivity index is 0.00000143. The highest BCUT2D eigenvalue weighted by molar-refractivity contribution is 7.53. The van der Waals surface area contributed by atoms with Crippen molar-refractivity contribution in [3.63, 3.8) is 0 Å².